The van der Waals surface area contributed by atoms with Crippen molar-refractivity contribution in [3.63, 3.8) is 0 Å². The molecule has 2 heterocycles. The molecule has 0 spiro atoms. The van der Waals surface area contributed by atoms with Crippen LogP contribution in [0.15, 0.2) is 46.1 Å². The Kier molecular flexibility index (Phi) is 4.69. The van der Waals surface area contributed by atoms with E-state index in [2.05, 4.69) is 47.9 Å². The highest BCUT2D eigenvalue weighted by atomic mass is 16.6. The number of nitro groups is 1. The van der Waals surface area contributed by atoms with E-state index in [9.17, 15) is 14.9 Å². The Morgan fingerprint density at radius 3 is 2.72 bits per heavy atom. The van der Waals surface area contributed by atoms with Crippen LogP contribution in [0, 0.1) is 27.9 Å². The predicted octanol–water partition coefficient (Wildman–Crippen LogP) is 1.74. The summed E-state index contributed by atoms with van der Waals surface area (Å²) in [7, 11) is 0. The Bertz CT molecular complexity index is 1240. The Morgan fingerprint density at radius 1 is 1.28 bits per heavy atom. The summed E-state index contributed by atoms with van der Waals surface area (Å²) in [5, 5.41) is 30.2. The van der Waals surface area contributed by atoms with Crippen LogP contribution in [-0.4, -0.2) is 42.4 Å². The first-order valence-corrected chi connectivity index (χ1v) is 9.82. The summed E-state index contributed by atoms with van der Waals surface area (Å²) in [6, 6.07) is 5.55. The molecular formula is C19H17N9O4. The number of allylic oxidation sites excluding steroid dienone is 2. The zero-order chi connectivity index (χ0) is 22.2. The molecule has 0 saturated heterocycles. The zero-order valence-electron chi connectivity index (χ0n) is 16.5. The normalized spacial score (nSPS) is 21.4. The van der Waals surface area contributed by atoms with Crippen molar-refractivity contribution in [2.45, 2.75) is 12.8 Å². The first-order valence-electron chi connectivity index (χ1n) is 9.82. The number of aromatic nitrogens is 5. The highest BCUT2D eigenvalue weighted by molar-refractivity contribution is 5.98. The molecular weight excluding hydrogens is 418 g/mol. The van der Waals surface area contributed by atoms with Gasteiger partial charge in [0, 0.05) is 29.8 Å². The van der Waals surface area contributed by atoms with Crippen molar-refractivity contribution in [3.05, 3.63) is 52.2 Å². The standard InChI is InChI=1S/C19H17N9O4/c20-17-18(25-32-24-17)27-16(11-3-5-14(6-4-11)28(30)31)15(22-26-27)19(29)23-21-9-13-8-10-1-2-12(13)7-10/h1-6,9-10,12-13H,7-8H2,(H2,20,24)(H,23,29)/b21-9+. The summed E-state index contributed by atoms with van der Waals surface area (Å²) in [5.41, 5.74) is 8.73. The van der Waals surface area contributed by atoms with Crippen LogP contribution in [0.3, 0.4) is 0 Å². The van der Waals surface area contributed by atoms with E-state index >= 15 is 0 Å². The summed E-state index contributed by atoms with van der Waals surface area (Å²) in [4.78, 5) is 23.3. The zero-order valence-corrected chi connectivity index (χ0v) is 16.5. The van der Waals surface area contributed by atoms with E-state index in [1.54, 1.807) is 6.21 Å². The minimum Gasteiger partial charge on any atom is -0.378 e. The number of non-ortho nitro benzene ring substituents is 1. The van der Waals surface area contributed by atoms with E-state index < -0.39 is 10.8 Å². The molecule has 3 unspecified atom stereocenters. The van der Waals surface area contributed by atoms with Gasteiger partial charge in [-0.15, -0.1) is 5.10 Å². The van der Waals surface area contributed by atoms with Gasteiger partial charge in [0.25, 0.3) is 11.6 Å². The number of fused-ring (bicyclic) bond motifs is 2. The van der Waals surface area contributed by atoms with Gasteiger partial charge in [0.1, 0.15) is 5.69 Å². The van der Waals surface area contributed by atoms with Gasteiger partial charge in [-0.25, -0.2) is 10.1 Å². The highest BCUT2D eigenvalue weighted by Gasteiger charge is 2.34. The number of nitro benzene ring substituents is 1. The van der Waals surface area contributed by atoms with E-state index in [0.717, 1.165) is 12.8 Å². The number of hydrazone groups is 1. The van der Waals surface area contributed by atoms with Gasteiger partial charge in [-0.1, -0.05) is 17.4 Å². The third kappa shape index (κ3) is 3.38. The molecule has 13 heteroatoms. The fourth-order valence-electron chi connectivity index (χ4n) is 4.16. The number of carbonyl (C=O) groups excluding carboxylic acids is 1. The summed E-state index contributed by atoms with van der Waals surface area (Å²) in [6.45, 7) is 0. The maximum atomic E-state index is 12.9. The van der Waals surface area contributed by atoms with Crippen molar-refractivity contribution >= 4 is 23.6 Å². The van der Waals surface area contributed by atoms with Gasteiger partial charge in [-0.05, 0) is 47.1 Å². The molecule has 1 amide bonds. The number of anilines is 1. The molecule has 1 saturated carbocycles. The molecule has 3 N–H and O–H groups in total. The third-order valence-corrected chi connectivity index (χ3v) is 5.70. The monoisotopic (exact) mass is 435 g/mol. The number of nitrogens with two attached hydrogens (primary N) is 1. The van der Waals surface area contributed by atoms with Gasteiger partial charge < -0.3 is 5.73 Å². The largest absolute Gasteiger partial charge is 0.378 e. The van der Waals surface area contributed by atoms with Crippen molar-refractivity contribution in [1.29, 1.82) is 0 Å². The van der Waals surface area contributed by atoms with Crippen molar-refractivity contribution in [2.24, 2.45) is 22.9 Å². The summed E-state index contributed by atoms with van der Waals surface area (Å²) in [5.74, 6) is 0.697. The van der Waals surface area contributed by atoms with Crippen LogP contribution in [0.2, 0.25) is 0 Å². The number of rotatable bonds is 6. The Hall–Kier alpha value is -4.42. The quantitative estimate of drug-likeness (QED) is 0.252. The van der Waals surface area contributed by atoms with Crippen LogP contribution in [0.5, 0.6) is 0 Å². The predicted molar refractivity (Wildman–Crippen MR) is 111 cm³/mol. The number of nitrogen functional groups attached to an aromatic ring is 1. The first kappa shape index (κ1) is 19.5. The maximum Gasteiger partial charge on any atom is 0.294 e. The van der Waals surface area contributed by atoms with Gasteiger partial charge in [-0.3, -0.25) is 14.9 Å². The van der Waals surface area contributed by atoms with Crippen molar-refractivity contribution in [1.82, 2.24) is 30.7 Å². The molecule has 5 rings (SSSR count). The fourth-order valence-corrected chi connectivity index (χ4v) is 4.16. The Labute approximate surface area is 180 Å². The van der Waals surface area contributed by atoms with Gasteiger partial charge >= 0.3 is 0 Å². The number of benzene rings is 1. The van der Waals surface area contributed by atoms with E-state index in [1.165, 1.54) is 28.9 Å². The van der Waals surface area contributed by atoms with Crippen LogP contribution in [0.4, 0.5) is 11.5 Å². The van der Waals surface area contributed by atoms with Crippen LogP contribution < -0.4 is 11.2 Å². The van der Waals surface area contributed by atoms with Crippen LogP contribution in [0.25, 0.3) is 17.1 Å². The second-order valence-corrected chi connectivity index (χ2v) is 7.64. The number of hydrogen-bond donors (Lipinski definition) is 2. The molecule has 2 aliphatic rings. The van der Waals surface area contributed by atoms with Gasteiger partial charge in [0.15, 0.2) is 5.69 Å². The topological polar surface area (TPSA) is 180 Å². The average molecular weight is 435 g/mol. The number of amides is 1. The van der Waals surface area contributed by atoms with Crippen LogP contribution >= 0.6 is 0 Å². The molecule has 2 aliphatic carbocycles. The smallest absolute Gasteiger partial charge is 0.294 e. The molecule has 3 atom stereocenters. The van der Waals surface area contributed by atoms with E-state index in [1.807, 2.05) is 0 Å². The van der Waals surface area contributed by atoms with Crippen molar-refractivity contribution < 1.29 is 14.3 Å². The highest BCUT2D eigenvalue weighted by Crippen LogP contribution is 2.42. The minimum atomic E-state index is -0.602. The minimum absolute atomic E-state index is 0.0298. The first-order chi connectivity index (χ1) is 15.5. The molecule has 3 aromatic rings. The SMILES string of the molecule is Nc1nonc1-n1nnc(C(=O)N/N=C/C2CC3C=CC2C3)c1-c1ccc([N+](=O)[O-])cc1. The molecule has 2 bridgehead atoms. The molecule has 1 aromatic carbocycles. The number of carbonyl (C=O) groups is 1. The lowest BCUT2D eigenvalue weighted by Gasteiger charge is -2.11. The van der Waals surface area contributed by atoms with Gasteiger partial charge in [0.05, 0.1) is 4.92 Å². The lowest BCUT2D eigenvalue weighted by atomic mass is 9.95. The van der Waals surface area contributed by atoms with Crippen LogP contribution in [0.1, 0.15) is 23.3 Å². The molecule has 13 nitrogen and oxygen atoms in total. The van der Waals surface area contributed by atoms with Gasteiger partial charge in [0.2, 0.25) is 11.6 Å². The average Bonchev–Trinajstić information content (AvgIpc) is 3.57. The lowest BCUT2D eigenvalue weighted by Crippen LogP contribution is -2.21. The van der Waals surface area contributed by atoms with E-state index in [0.29, 0.717) is 17.4 Å². The van der Waals surface area contributed by atoms with Crippen molar-refractivity contribution in [2.75, 3.05) is 5.73 Å². The molecule has 0 radical (unpaired) electrons. The lowest BCUT2D eigenvalue weighted by molar-refractivity contribution is -0.384. The summed E-state index contributed by atoms with van der Waals surface area (Å²) < 4.78 is 5.81. The molecule has 162 valence electrons. The van der Waals surface area contributed by atoms with E-state index in [4.69, 9.17) is 5.73 Å². The fraction of sp³-hybridized carbons (Fsp3) is 0.263. The maximum absolute atomic E-state index is 12.9. The summed E-state index contributed by atoms with van der Waals surface area (Å²) in [6.07, 6.45) is 8.31. The number of nitrogens with zero attached hydrogens (tertiary/aromatic N) is 7. The molecule has 2 aromatic heterocycles. The molecule has 1 fully saturated rings. The third-order valence-electron chi connectivity index (χ3n) is 5.70. The number of nitrogens with one attached hydrogen (secondary N) is 1. The molecule has 0 aliphatic heterocycles. The number of hydrogen-bond acceptors (Lipinski definition) is 10. The second kappa shape index (κ2) is 7.68. The molecule has 32 heavy (non-hydrogen) atoms. The van der Waals surface area contributed by atoms with Gasteiger partial charge in [-0.2, -0.15) is 9.78 Å². The van der Waals surface area contributed by atoms with Crippen molar-refractivity contribution in [3.8, 4) is 17.1 Å². The van der Waals surface area contributed by atoms with Crippen LogP contribution in [-0.2, 0) is 0 Å². The van der Waals surface area contributed by atoms with E-state index in [-0.39, 0.29) is 34.6 Å². The Balaban J connectivity index is 1.45. The second-order valence-electron chi connectivity index (χ2n) is 7.64. The Morgan fingerprint density at radius 2 is 2.09 bits per heavy atom. The summed E-state index contributed by atoms with van der Waals surface area (Å²) >= 11 is 0.